The first-order chi connectivity index (χ1) is 17.4. The molecule has 2 rings (SSSR count). The molecule has 0 heterocycles. The molecule has 0 fully saturated rings. The lowest BCUT2D eigenvalue weighted by atomic mass is 10.1. The fourth-order valence-corrected chi connectivity index (χ4v) is 3.36. The fraction of sp³-hybridized carbons (Fsp3) is 0.440. The molecule has 0 aromatic heterocycles. The third-order valence-corrected chi connectivity index (χ3v) is 5.12. The lowest BCUT2D eigenvalue weighted by molar-refractivity contribution is -0.275. The molecule has 0 aliphatic rings. The van der Waals surface area contributed by atoms with Gasteiger partial charge >= 0.3 is 12.7 Å². The van der Waals surface area contributed by atoms with Crippen LogP contribution in [0, 0.1) is 0 Å². The zero-order valence-electron chi connectivity index (χ0n) is 19.9. The molecule has 2 N–H and O–H groups in total. The minimum atomic E-state index is -4.78. The number of amides is 2. The fourth-order valence-electron chi connectivity index (χ4n) is 3.36. The van der Waals surface area contributed by atoms with Gasteiger partial charge < -0.3 is 20.1 Å². The van der Waals surface area contributed by atoms with Crippen molar-refractivity contribution in [3.63, 3.8) is 0 Å². The third kappa shape index (κ3) is 12.9. The van der Waals surface area contributed by atoms with Gasteiger partial charge in [-0.15, -0.1) is 26.3 Å². The zero-order chi connectivity index (χ0) is 27.3. The Labute approximate surface area is 210 Å². The second-order valence-corrected chi connectivity index (χ2v) is 8.13. The molecule has 0 spiro atoms. The summed E-state index contributed by atoms with van der Waals surface area (Å²) in [5, 5.41) is 5.45. The maximum atomic E-state index is 12.2. The highest BCUT2D eigenvalue weighted by Gasteiger charge is 2.31. The van der Waals surface area contributed by atoms with Crippen LogP contribution in [0.25, 0.3) is 0 Å². The molecule has 0 saturated carbocycles. The van der Waals surface area contributed by atoms with Crippen LogP contribution < -0.4 is 20.1 Å². The van der Waals surface area contributed by atoms with E-state index in [2.05, 4.69) is 20.1 Å². The van der Waals surface area contributed by atoms with Gasteiger partial charge in [0.15, 0.2) is 0 Å². The number of carbonyl (C=O) groups excluding carboxylic acids is 2. The Bertz CT molecular complexity index is 897. The van der Waals surface area contributed by atoms with Crippen LogP contribution in [0.15, 0.2) is 48.5 Å². The van der Waals surface area contributed by atoms with Crippen molar-refractivity contribution in [2.75, 3.05) is 13.1 Å². The molecule has 2 aromatic carbocycles. The van der Waals surface area contributed by atoms with Crippen LogP contribution >= 0.6 is 0 Å². The van der Waals surface area contributed by atoms with E-state index < -0.39 is 12.7 Å². The monoisotopic (exact) mass is 534 g/mol. The van der Waals surface area contributed by atoms with Crippen LogP contribution in [0.5, 0.6) is 11.5 Å². The summed E-state index contributed by atoms with van der Waals surface area (Å²) in [5.74, 6) is -1.52. The summed E-state index contributed by atoms with van der Waals surface area (Å²) in [6.07, 6.45) is -3.28. The molecule has 0 bridgehead atoms. The number of halogens is 6. The van der Waals surface area contributed by atoms with E-state index in [0.29, 0.717) is 13.1 Å². The number of hydrogen-bond acceptors (Lipinski definition) is 4. The smallest absolute Gasteiger partial charge is 0.406 e. The summed E-state index contributed by atoms with van der Waals surface area (Å²) in [6.45, 7) is 0.907. The summed E-state index contributed by atoms with van der Waals surface area (Å²) >= 11 is 0. The molecule has 2 aromatic rings. The third-order valence-electron chi connectivity index (χ3n) is 5.12. The normalized spacial score (nSPS) is 11.6. The van der Waals surface area contributed by atoms with E-state index in [-0.39, 0.29) is 34.4 Å². The number of rotatable bonds is 14. The van der Waals surface area contributed by atoms with Crippen molar-refractivity contribution in [1.29, 1.82) is 0 Å². The second kappa shape index (κ2) is 14.3. The number of hydrogen-bond donors (Lipinski definition) is 2. The van der Waals surface area contributed by atoms with Crippen molar-refractivity contribution in [2.45, 2.75) is 57.7 Å². The molecule has 12 heteroatoms. The van der Waals surface area contributed by atoms with E-state index in [0.717, 1.165) is 69.2 Å². The average Bonchev–Trinajstić information content (AvgIpc) is 2.81. The Kier molecular flexibility index (Phi) is 11.5. The van der Waals surface area contributed by atoms with Crippen molar-refractivity contribution in [3.8, 4) is 11.5 Å². The van der Waals surface area contributed by atoms with Crippen molar-refractivity contribution in [2.24, 2.45) is 0 Å². The quantitative estimate of drug-likeness (QED) is 0.218. The number of ether oxygens (including phenoxy) is 2. The lowest BCUT2D eigenvalue weighted by Crippen LogP contribution is -2.24. The van der Waals surface area contributed by atoms with Gasteiger partial charge in [0.25, 0.3) is 11.8 Å². The number of carbonyl (C=O) groups is 2. The van der Waals surface area contributed by atoms with Gasteiger partial charge in [0.1, 0.15) is 11.5 Å². The number of alkyl halides is 6. The molecule has 0 unspecified atom stereocenters. The van der Waals surface area contributed by atoms with E-state index in [1.165, 1.54) is 24.3 Å². The van der Waals surface area contributed by atoms with Gasteiger partial charge in [-0.25, -0.2) is 0 Å². The summed E-state index contributed by atoms with van der Waals surface area (Å²) in [4.78, 5) is 24.1. The SMILES string of the molecule is O=C(NCCCCCCCCCNC(=O)c1ccc(OC(F)(F)F)cc1)c1ccc(OC(F)(F)F)cc1. The molecule has 6 nitrogen and oxygen atoms in total. The Morgan fingerprint density at radius 3 is 1.14 bits per heavy atom. The van der Waals surface area contributed by atoms with Crippen LogP contribution in [0.4, 0.5) is 26.3 Å². The van der Waals surface area contributed by atoms with Crippen LogP contribution in [-0.4, -0.2) is 37.6 Å². The topological polar surface area (TPSA) is 76.7 Å². The highest BCUT2D eigenvalue weighted by Crippen LogP contribution is 2.23. The van der Waals surface area contributed by atoms with Crippen LogP contribution in [0.3, 0.4) is 0 Å². The molecular formula is C25H28F6N2O4. The van der Waals surface area contributed by atoms with Crippen LogP contribution in [0.1, 0.15) is 65.7 Å². The van der Waals surface area contributed by atoms with Gasteiger partial charge in [0.05, 0.1) is 0 Å². The van der Waals surface area contributed by atoms with Crippen molar-refractivity contribution in [3.05, 3.63) is 59.7 Å². The summed E-state index contributed by atoms with van der Waals surface area (Å²) in [5.41, 5.74) is 0.489. The van der Waals surface area contributed by atoms with E-state index in [1.807, 2.05) is 0 Å². The maximum Gasteiger partial charge on any atom is 0.573 e. The van der Waals surface area contributed by atoms with Crippen molar-refractivity contribution < 1.29 is 45.4 Å². The first-order valence-corrected chi connectivity index (χ1v) is 11.7. The summed E-state index contributed by atoms with van der Waals surface area (Å²) < 4.78 is 80.5. The molecule has 0 saturated heterocycles. The van der Waals surface area contributed by atoms with Crippen molar-refractivity contribution >= 4 is 11.8 Å². The number of unbranched alkanes of at least 4 members (excludes halogenated alkanes) is 6. The van der Waals surface area contributed by atoms with Gasteiger partial charge in [0, 0.05) is 24.2 Å². The van der Waals surface area contributed by atoms with Gasteiger partial charge in [-0.3, -0.25) is 9.59 Å². The van der Waals surface area contributed by atoms with Gasteiger partial charge in [-0.2, -0.15) is 0 Å². The lowest BCUT2D eigenvalue weighted by Gasteiger charge is -2.10. The number of benzene rings is 2. The van der Waals surface area contributed by atoms with E-state index in [4.69, 9.17) is 0 Å². The zero-order valence-corrected chi connectivity index (χ0v) is 19.9. The van der Waals surface area contributed by atoms with Crippen LogP contribution in [-0.2, 0) is 0 Å². The summed E-state index contributed by atoms with van der Waals surface area (Å²) in [7, 11) is 0. The van der Waals surface area contributed by atoms with E-state index in [1.54, 1.807) is 0 Å². The Hall–Kier alpha value is -3.44. The van der Waals surface area contributed by atoms with Gasteiger partial charge in [0.2, 0.25) is 0 Å². The number of nitrogens with one attached hydrogen (secondary N) is 2. The minimum Gasteiger partial charge on any atom is -0.406 e. The summed E-state index contributed by atoms with van der Waals surface area (Å²) in [6, 6.07) is 9.41. The van der Waals surface area contributed by atoms with E-state index >= 15 is 0 Å². The molecule has 0 radical (unpaired) electrons. The van der Waals surface area contributed by atoms with Gasteiger partial charge in [-0.05, 0) is 61.4 Å². The average molecular weight is 534 g/mol. The maximum absolute atomic E-state index is 12.2. The second-order valence-electron chi connectivity index (χ2n) is 8.13. The molecule has 204 valence electrons. The molecule has 0 aliphatic carbocycles. The Morgan fingerprint density at radius 1 is 0.541 bits per heavy atom. The van der Waals surface area contributed by atoms with E-state index in [9.17, 15) is 35.9 Å². The Balaban J connectivity index is 1.47. The molecule has 37 heavy (non-hydrogen) atoms. The first kappa shape index (κ1) is 29.8. The van der Waals surface area contributed by atoms with Crippen LogP contribution in [0.2, 0.25) is 0 Å². The minimum absolute atomic E-state index is 0.245. The highest BCUT2D eigenvalue weighted by molar-refractivity contribution is 5.94. The largest absolute Gasteiger partial charge is 0.573 e. The highest BCUT2D eigenvalue weighted by atomic mass is 19.4. The predicted molar refractivity (Wildman–Crippen MR) is 123 cm³/mol. The molecule has 0 aliphatic heterocycles. The predicted octanol–water partition coefficient (Wildman–Crippen LogP) is 6.37. The standard InChI is InChI=1S/C25H28F6N2O4/c26-24(27,28)36-20-12-8-18(9-13-20)22(34)32-16-6-4-2-1-3-5-7-17-33-23(35)19-10-14-21(15-11-19)37-25(29,30)31/h8-15H,1-7,16-17H2,(H,32,34)(H,33,35). The molecular weight excluding hydrogens is 506 g/mol. The van der Waals surface area contributed by atoms with Crippen molar-refractivity contribution in [1.82, 2.24) is 10.6 Å². The first-order valence-electron chi connectivity index (χ1n) is 11.7. The molecule has 2 amide bonds. The molecule has 0 atom stereocenters. The Morgan fingerprint density at radius 2 is 0.838 bits per heavy atom. The van der Waals surface area contributed by atoms with Gasteiger partial charge in [-0.1, -0.05) is 32.1 Å².